The number of carboxylic acid groups (broad SMARTS) is 1. The molecule has 0 saturated carbocycles. The average molecular weight is 256 g/mol. The molecular weight excluding hydrogens is 228 g/mol. The Morgan fingerprint density at radius 3 is 2.83 bits per heavy atom. The summed E-state index contributed by atoms with van der Waals surface area (Å²) in [6.07, 6.45) is 5.54. The predicted molar refractivity (Wildman–Crippen MR) is 73.8 cm³/mol. The molecule has 1 fully saturated rings. The summed E-state index contributed by atoms with van der Waals surface area (Å²) in [5.41, 5.74) is -0.778. The van der Waals surface area contributed by atoms with Crippen LogP contribution in [-0.4, -0.2) is 48.2 Å². The van der Waals surface area contributed by atoms with Crippen LogP contribution in [0.25, 0.3) is 0 Å². The molecule has 0 aromatic carbocycles. The number of carbonyl (C=O) groups is 1. The van der Waals surface area contributed by atoms with Crippen LogP contribution in [-0.2, 0) is 4.79 Å². The van der Waals surface area contributed by atoms with Crippen molar-refractivity contribution in [3.63, 3.8) is 0 Å². The molecule has 4 heteroatoms. The largest absolute Gasteiger partial charge is 0.480 e. The Kier molecular flexibility index (Phi) is 6.09. The van der Waals surface area contributed by atoms with Gasteiger partial charge in [-0.05, 0) is 58.7 Å². The first kappa shape index (κ1) is 15.4. The normalized spacial score (nSPS) is 24.7. The second kappa shape index (κ2) is 7.10. The molecule has 2 N–H and O–H groups in total. The molecule has 2 atom stereocenters. The first-order valence-electron chi connectivity index (χ1n) is 7.16. The van der Waals surface area contributed by atoms with Crippen LogP contribution in [0.2, 0.25) is 0 Å². The highest BCUT2D eigenvalue weighted by atomic mass is 16.4. The van der Waals surface area contributed by atoms with Gasteiger partial charge in [0, 0.05) is 6.54 Å². The van der Waals surface area contributed by atoms with E-state index in [0.29, 0.717) is 6.42 Å². The third-order valence-corrected chi connectivity index (χ3v) is 4.36. The monoisotopic (exact) mass is 256 g/mol. The number of rotatable bonds is 7. The number of piperidine rings is 1. The molecule has 0 radical (unpaired) electrons. The number of likely N-dealkylation sites (tertiary alicyclic amines) is 1. The summed E-state index contributed by atoms with van der Waals surface area (Å²) < 4.78 is 0. The first-order chi connectivity index (χ1) is 8.51. The lowest BCUT2D eigenvalue weighted by molar-refractivity contribution is -0.144. The summed E-state index contributed by atoms with van der Waals surface area (Å²) in [6, 6.07) is 0. The van der Waals surface area contributed by atoms with Gasteiger partial charge in [-0.25, -0.2) is 0 Å². The van der Waals surface area contributed by atoms with Crippen LogP contribution in [0, 0.1) is 5.92 Å². The lowest BCUT2D eigenvalue weighted by Crippen LogP contribution is -2.48. The van der Waals surface area contributed by atoms with Gasteiger partial charge < -0.3 is 15.3 Å². The molecule has 1 saturated heterocycles. The number of hydrogen-bond acceptors (Lipinski definition) is 3. The summed E-state index contributed by atoms with van der Waals surface area (Å²) in [5, 5.41) is 12.1. The molecule has 18 heavy (non-hydrogen) atoms. The maximum atomic E-state index is 11.2. The van der Waals surface area contributed by atoms with Crippen molar-refractivity contribution in [2.24, 2.45) is 5.92 Å². The second-order valence-electron chi connectivity index (χ2n) is 5.71. The molecule has 1 aliphatic rings. The van der Waals surface area contributed by atoms with Crippen LogP contribution in [0.5, 0.6) is 0 Å². The van der Waals surface area contributed by atoms with Gasteiger partial charge in [0.25, 0.3) is 0 Å². The fourth-order valence-electron chi connectivity index (χ4n) is 2.68. The number of carboxylic acids is 1. The molecule has 4 nitrogen and oxygen atoms in total. The predicted octanol–water partition coefficient (Wildman–Crippen LogP) is 1.95. The van der Waals surface area contributed by atoms with Gasteiger partial charge >= 0.3 is 5.97 Å². The molecule has 1 heterocycles. The van der Waals surface area contributed by atoms with Gasteiger partial charge in [-0.2, -0.15) is 0 Å². The van der Waals surface area contributed by atoms with E-state index < -0.39 is 11.5 Å². The van der Waals surface area contributed by atoms with E-state index in [1.165, 1.54) is 32.4 Å². The Balaban J connectivity index is 2.30. The Morgan fingerprint density at radius 1 is 1.56 bits per heavy atom. The minimum Gasteiger partial charge on any atom is -0.480 e. The van der Waals surface area contributed by atoms with Gasteiger partial charge in [0.2, 0.25) is 0 Å². The first-order valence-corrected chi connectivity index (χ1v) is 7.16. The van der Waals surface area contributed by atoms with E-state index in [-0.39, 0.29) is 0 Å². The molecule has 1 aliphatic heterocycles. The van der Waals surface area contributed by atoms with Crippen molar-refractivity contribution < 1.29 is 9.90 Å². The number of nitrogens with zero attached hydrogens (tertiary/aromatic N) is 1. The fourth-order valence-corrected chi connectivity index (χ4v) is 2.68. The van der Waals surface area contributed by atoms with E-state index in [1.54, 1.807) is 14.0 Å². The molecule has 0 aromatic heterocycles. The van der Waals surface area contributed by atoms with Crippen molar-refractivity contribution in [1.82, 2.24) is 10.2 Å². The highest BCUT2D eigenvalue weighted by Crippen LogP contribution is 2.20. The highest BCUT2D eigenvalue weighted by molar-refractivity contribution is 5.78. The lowest BCUT2D eigenvalue weighted by atomic mass is 9.93. The average Bonchev–Trinajstić information content (AvgIpc) is 2.38. The third kappa shape index (κ3) is 4.25. The zero-order valence-electron chi connectivity index (χ0n) is 12.0. The minimum atomic E-state index is -0.778. The Hall–Kier alpha value is -0.610. The number of nitrogens with one attached hydrogen (secondary N) is 1. The maximum Gasteiger partial charge on any atom is 0.323 e. The molecule has 2 unspecified atom stereocenters. The molecule has 0 amide bonds. The van der Waals surface area contributed by atoms with Crippen molar-refractivity contribution in [2.45, 2.75) is 51.5 Å². The van der Waals surface area contributed by atoms with E-state index in [9.17, 15) is 9.90 Å². The van der Waals surface area contributed by atoms with Gasteiger partial charge in [-0.3, -0.25) is 4.79 Å². The number of hydrogen-bond donors (Lipinski definition) is 2. The quantitative estimate of drug-likeness (QED) is 0.731. The van der Waals surface area contributed by atoms with Crippen LogP contribution < -0.4 is 5.32 Å². The van der Waals surface area contributed by atoms with Crippen molar-refractivity contribution in [2.75, 3.05) is 26.7 Å². The van der Waals surface area contributed by atoms with Crippen molar-refractivity contribution in [3.8, 4) is 0 Å². The van der Waals surface area contributed by atoms with Crippen LogP contribution in [0.15, 0.2) is 0 Å². The second-order valence-corrected chi connectivity index (χ2v) is 5.71. The summed E-state index contributed by atoms with van der Waals surface area (Å²) in [7, 11) is 1.72. The van der Waals surface area contributed by atoms with Gasteiger partial charge in [0.1, 0.15) is 5.54 Å². The maximum absolute atomic E-state index is 11.2. The van der Waals surface area contributed by atoms with Crippen LogP contribution >= 0.6 is 0 Å². The van der Waals surface area contributed by atoms with Crippen LogP contribution in [0.3, 0.4) is 0 Å². The molecule has 106 valence electrons. The summed E-state index contributed by atoms with van der Waals surface area (Å²) in [6.45, 7) is 7.43. The summed E-state index contributed by atoms with van der Waals surface area (Å²) in [4.78, 5) is 13.7. The standard InChI is InChI=1S/C14H28N2O2/c1-4-12-7-5-9-16(11-12)10-6-8-14(2,15-3)13(17)18/h12,15H,4-11H2,1-3H3,(H,17,18). The van der Waals surface area contributed by atoms with Gasteiger partial charge in [0.05, 0.1) is 0 Å². The molecule has 0 aliphatic carbocycles. The summed E-state index contributed by atoms with van der Waals surface area (Å²) in [5.74, 6) is 0.0870. The van der Waals surface area contributed by atoms with E-state index in [0.717, 1.165) is 18.9 Å². The van der Waals surface area contributed by atoms with Gasteiger partial charge in [-0.1, -0.05) is 13.3 Å². The summed E-state index contributed by atoms with van der Waals surface area (Å²) >= 11 is 0. The Morgan fingerprint density at radius 2 is 2.28 bits per heavy atom. The van der Waals surface area contributed by atoms with E-state index in [4.69, 9.17) is 0 Å². The molecular formula is C14H28N2O2. The molecule has 0 spiro atoms. The highest BCUT2D eigenvalue weighted by Gasteiger charge is 2.30. The van der Waals surface area contributed by atoms with Crippen LogP contribution in [0.4, 0.5) is 0 Å². The third-order valence-electron chi connectivity index (χ3n) is 4.36. The Bertz CT molecular complexity index is 271. The zero-order chi connectivity index (χ0) is 13.6. The zero-order valence-corrected chi connectivity index (χ0v) is 12.0. The van der Waals surface area contributed by atoms with E-state index in [1.807, 2.05) is 0 Å². The van der Waals surface area contributed by atoms with E-state index in [2.05, 4.69) is 17.1 Å². The fraction of sp³-hybridized carbons (Fsp3) is 0.929. The molecule has 1 rings (SSSR count). The minimum absolute atomic E-state index is 0.687. The van der Waals surface area contributed by atoms with E-state index >= 15 is 0 Å². The van der Waals surface area contributed by atoms with Crippen molar-refractivity contribution in [3.05, 3.63) is 0 Å². The van der Waals surface area contributed by atoms with Gasteiger partial charge in [0.15, 0.2) is 0 Å². The lowest BCUT2D eigenvalue weighted by Gasteiger charge is -2.33. The number of likely N-dealkylation sites (N-methyl/N-ethyl adjacent to an activating group) is 1. The van der Waals surface area contributed by atoms with Crippen molar-refractivity contribution >= 4 is 5.97 Å². The molecule has 0 aromatic rings. The van der Waals surface area contributed by atoms with Crippen molar-refractivity contribution in [1.29, 1.82) is 0 Å². The van der Waals surface area contributed by atoms with Gasteiger partial charge in [-0.15, -0.1) is 0 Å². The Labute approximate surface area is 111 Å². The number of aliphatic carboxylic acids is 1. The topological polar surface area (TPSA) is 52.6 Å². The SMILES string of the molecule is CCC1CCCN(CCCC(C)(NC)C(=O)O)C1. The smallest absolute Gasteiger partial charge is 0.323 e. The van der Waals surface area contributed by atoms with Crippen LogP contribution in [0.1, 0.15) is 46.0 Å². The molecule has 0 bridgehead atoms.